The molecule has 0 aliphatic rings. The minimum Gasteiger partial charge on any atom is -0.466 e. The van der Waals surface area contributed by atoms with E-state index in [0.717, 1.165) is 57.8 Å². The number of unbranched alkanes of at least 4 members (excludes halogenated alkanes) is 46. The predicted molar refractivity (Wildman–Crippen MR) is 315 cm³/mol. The Bertz CT molecular complexity index is 1120. The van der Waals surface area contributed by atoms with Crippen LogP contribution in [0.15, 0.2) is 24.3 Å². The van der Waals surface area contributed by atoms with E-state index in [1.807, 2.05) is 0 Å². The summed E-state index contributed by atoms with van der Waals surface area (Å²) in [6.07, 6.45) is 76.2. The van der Waals surface area contributed by atoms with Gasteiger partial charge in [0.1, 0.15) is 0 Å². The summed E-state index contributed by atoms with van der Waals surface area (Å²) in [6.45, 7) is 4.95. The van der Waals surface area contributed by atoms with Gasteiger partial charge in [0.05, 0.1) is 25.4 Å². The van der Waals surface area contributed by atoms with Crippen molar-refractivity contribution >= 4 is 11.9 Å². The number of aliphatic hydroxyl groups is 2. The molecule has 0 aromatic rings. The quantitative estimate of drug-likeness (QED) is 0.0320. The number of allylic oxidation sites excluding steroid dienone is 4. The Morgan fingerprint density at radius 2 is 0.653 bits per heavy atom. The van der Waals surface area contributed by atoms with E-state index < -0.39 is 12.1 Å². The lowest BCUT2D eigenvalue weighted by atomic mass is 10.0. The Hall–Kier alpha value is -1.66. The highest BCUT2D eigenvalue weighted by molar-refractivity contribution is 5.76. The molecule has 2 atom stereocenters. The zero-order chi connectivity index (χ0) is 52.2. The first kappa shape index (κ1) is 70.3. The highest BCUT2D eigenvalue weighted by Crippen LogP contribution is 2.18. The number of rotatable bonds is 61. The fourth-order valence-electron chi connectivity index (χ4n) is 10.2. The van der Waals surface area contributed by atoms with E-state index in [0.29, 0.717) is 25.9 Å². The number of nitrogens with one attached hydrogen (secondary N) is 1. The molecule has 0 bridgehead atoms. The fourth-order valence-corrected chi connectivity index (χ4v) is 10.2. The third-order valence-electron chi connectivity index (χ3n) is 15.2. The largest absolute Gasteiger partial charge is 0.466 e. The van der Waals surface area contributed by atoms with Gasteiger partial charge in [-0.1, -0.05) is 295 Å². The number of hydrogen-bond donors (Lipinski definition) is 3. The number of carbonyl (C=O) groups is 2. The van der Waals surface area contributed by atoms with Crippen molar-refractivity contribution < 1.29 is 24.5 Å². The van der Waals surface area contributed by atoms with Crippen LogP contribution in [0, 0.1) is 0 Å². The topological polar surface area (TPSA) is 95.9 Å². The number of carbonyl (C=O) groups excluding carboxylic acids is 2. The summed E-state index contributed by atoms with van der Waals surface area (Å²) in [7, 11) is 0. The minimum absolute atomic E-state index is 0.00883. The van der Waals surface area contributed by atoms with Gasteiger partial charge in [-0.2, -0.15) is 0 Å². The Morgan fingerprint density at radius 3 is 0.986 bits per heavy atom. The number of ether oxygens (including phenoxy) is 1. The maximum atomic E-state index is 12.5. The van der Waals surface area contributed by atoms with Crippen molar-refractivity contribution in [3.05, 3.63) is 24.3 Å². The predicted octanol–water partition coefficient (Wildman–Crippen LogP) is 20.6. The fraction of sp³-hybridized carbons (Fsp3) is 0.909. The van der Waals surface area contributed by atoms with Crippen LogP contribution in [0.2, 0.25) is 0 Å². The molecule has 0 aromatic heterocycles. The first-order chi connectivity index (χ1) is 35.5. The molecule has 1 amide bonds. The van der Waals surface area contributed by atoms with Crippen molar-refractivity contribution in [2.75, 3.05) is 13.2 Å². The van der Waals surface area contributed by atoms with Gasteiger partial charge >= 0.3 is 5.97 Å². The number of esters is 1. The highest BCUT2D eigenvalue weighted by Gasteiger charge is 2.20. The molecule has 3 N–H and O–H groups in total. The molecule has 0 aliphatic heterocycles. The molecule has 0 spiro atoms. The lowest BCUT2D eigenvalue weighted by Gasteiger charge is -2.22. The Morgan fingerprint density at radius 1 is 0.375 bits per heavy atom. The summed E-state index contributed by atoms with van der Waals surface area (Å²) in [5.41, 5.74) is 0. The van der Waals surface area contributed by atoms with Crippen molar-refractivity contribution in [2.45, 2.75) is 373 Å². The van der Waals surface area contributed by atoms with E-state index in [-0.39, 0.29) is 18.5 Å². The minimum atomic E-state index is -0.674. The average molecular weight is 1010 g/mol. The van der Waals surface area contributed by atoms with Crippen molar-refractivity contribution in [3.63, 3.8) is 0 Å². The molecule has 0 radical (unpaired) electrons. The van der Waals surface area contributed by atoms with Gasteiger partial charge in [0.25, 0.3) is 0 Å². The van der Waals surface area contributed by atoms with E-state index in [4.69, 9.17) is 4.74 Å². The molecule has 72 heavy (non-hydrogen) atoms. The standard InChI is InChI=1S/C66H127NO5/c1-3-5-7-9-11-13-15-17-19-20-21-22-23-24-25-27-31-34-38-42-46-50-54-58-64(69)63(62-68)67-65(70)59-55-51-47-43-39-35-32-28-26-29-33-37-41-45-49-53-57-61-72-66(71)60-56-52-48-44-40-36-30-18-16-14-12-10-8-6-4-2/h18,26,29-30,63-64,68-69H,3-17,19-25,27-28,31-62H2,1-2H3,(H,67,70)/b29-26-,30-18-. The highest BCUT2D eigenvalue weighted by atomic mass is 16.5. The van der Waals surface area contributed by atoms with Crippen LogP contribution in [-0.2, 0) is 14.3 Å². The molecule has 0 fully saturated rings. The summed E-state index contributed by atoms with van der Waals surface area (Å²) < 4.78 is 5.47. The van der Waals surface area contributed by atoms with E-state index >= 15 is 0 Å². The van der Waals surface area contributed by atoms with Gasteiger partial charge in [-0.05, 0) is 77.0 Å². The van der Waals surface area contributed by atoms with Crippen molar-refractivity contribution in [2.24, 2.45) is 0 Å². The van der Waals surface area contributed by atoms with Crippen molar-refractivity contribution in [1.82, 2.24) is 5.32 Å². The van der Waals surface area contributed by atoms with Gasteiger partial charge < -0.3 is 20.3 Å². The van der Waals surface area contributed by atoms with Crippen molar-refractivity contribution in [3.8, 4) is 0 Å². The molecule has 0 aromatic carbocycles. The molecular weight excluding hydrogens is 887 g/mol. The van der Waals surface area contributed by atoms with Crippen molar-refractivity contribution in [1.29, 1.82) is 0 Å². The summed E-state index contributed by atoms with van der Waals surface area (Å²) in [6, 6.07) is -0.552. The smallest absolute Gasteiger partial charge is 0.305 e. The molecule has 2 unspecified atom stereocenters. The second-order valence-corrected chi connectivity index (χ2v) is 22.4. The summed E-state index contributed by atoms with van der Waals surface area (Å²) in [5.74, 6) is -0.0523. The van der Waals surface area contributed by atoms with E-state index in [1.165, 1.54) is 270 Å². The molecule has 0 aliphatic carbocycles. The normalized spacial score (nSPS) is 12.7. The Labute approximate surface area is 450 Å². The van der Waals surface area contributed by atoms with Crippen LogP contribution in [0.3, 0.4) is 0 Å². The van der Waals surface area contributed by atoms with Crippen LogP contribution >= 0.6 is 0 Å². The average Bonchev–Trinajstić information content (AvgIpc) is 3.38. The second-order valence-electron chi connectivity index (χ2n) is 22.4. The Balaban J connectivity index is 3.45. The first-order valence-corrected chi connectivity index (χ1v) is 32.6. The molecule has 0 saturated heterocycles. The van der Waals surface area contributed by atoms with E-state index in [1.54, 1.807) is 0 Å². The molecule has 0 saturated carbocycles. The maximum absolute atomic E-state index is 12.5. The Kier molecular flexibility index (Phi) is 60.5. The van der Waals surface area contributed by atoms with Crippen LogP contribution < -0.4 is 5.32 Å². The van der Waals surface area contributed by atoms with Crippen LogP contribution in [-0.4, -0.2) is 47.4 Å². The third-order valence-corrected chi connectivity index (χ3v) is 15.2. The maximum Gasteiger partial charge on any atom is 0.305 e. The van der Waals surface area contributed by atoms with Gasteiger partial charge in [0.15, 0.2) is 0 Å². The molecule has 426 valence electrons. The number of aliphatic hydroxyl groups excluding tert-OH is 2. The van der Waals surface area contributed by atoms with Gasteiger partial charge in [0, 0.05) is 12.8 Å². The molecular formula is C66H127NO5. The lowest BCUT2D eigenvalue weighted by Crippen LogP contribution is -2.45. The monoisotopic (exact) mass is 1010 g/mol. The zero-order valence-corrected chi connectivity index (χ0v) is 48.7. The summed E-state index contributed by atoms with van der Waals surface area (Å²) in [4.78, 5) is 24.6. The number of amides is 1. The van der Waals surface area contributed by atoms with Gasteiger partial charge in [-0.25, -0.2) is 0 Å². The third kappa shape index (κ3) is 57.6. The molecule has 0 rings (SSSR count). The molecule has 6 heteroatoms. The van der Waals surface area contributed by atoms with E-state index in [2.05, 4.69) is 43.5 Å². The lowest BCUT2D eigenvalue weighted by molar-refractivity contribution is -0.143. The van der Waals surface area contributed by atoms with Crippen LogP contribution in [0.4, 0.5) is 0 Å². The second kappa shape index (κ2) is 61.9. The van der Waals surface area contributed by atoms with Crippen LogP contribution in [0.25, 0.3) is 0 Å². The SMILES string of the molecule is CCCCCCCC/C=C\CCCCCCCC(=O)OCCCCCCCC/C=C\CCCCCCCCCC(=O)NC(CO)C(O)CCCCCCCCCCCCCCCCCCCCCCCCC. The van der Waals surface area contributed by atoms with Gasteiger partial charge in [-0.15, -0.1) is 0 Å². The summed E-state index contributed by atoms with van der Waals surface area (Å²) in [5, 5.41) is 23.4. The van der Waals surface area contributed by atoms with Crippen LogP contribution in [0.5, 0.6) is 0 Å². The van der Waals surface area contributed by atoms with E-state index in [9.17, 15) is 19.8 Å². The first-order valence-electron chi connectivity index (χ1n) is 32.6. The van der Waals surface area contributed by atoms with Gasteiger partial charge in [0.2, 0.25) is 5.91 Å². The van der Waals surface area contributed by atoms with Crippen LogP contribution in [0.1, 0.15) is 361 Å². The number of hydrogen-bond acceptors (Lipinski definition) is 5. The molecule has 6 nitrogen and oxygen atoms in total. The molecule has 0 heterocycles. The summed E-state index contributed by atoms with van der Waals surface area (Å²) >= 11 is 0. The zero-order valence-electron chi connectivity index (χ0n) is 48.7. The van der Waals surface area contributed by atoms with Gasteiger partial charge in [-0.3, -0.25) is 9.59 Å².